The molecule has 6 nitrogen and oxygen atoms in total. The number of ether oxygens (including phenoxy) is 1. The average molecular weight is 379 g/mol. The molecular formula is C22H25N3O3. The number of aryl methyl sites for hydroxylation is 2. The molecule has 0 fully saturated rings. The summed E-state index contributed by atoms with van der Waals surface area (Å²) in [6.45, 7) is 3.31. The predicted octanol–water partition coefficient (Wildman–Crippen LogP) is 3.95. The Hall–Kier alpha value is -3.15. The van der Waals surface area contributed by atoms with Gasteiger partial charge in [0.1, 0.15) is 5.75 Å². The smallest absolute Gasteiger partial charge is 0.227 e. The summed E-state index contributed by atoms with van der Waals surface area (Å²) in [5, 5.41) is 6.90. The summed E-state index contributed by atoms with van der Waals surface area (Å²) in [6, 6.07) is 17.6. The van der Waals surface area contributed by atoms with Crippen LogP contribution in [0.2, 0.25) is 0 Å². The first-order valence-electron chi connectivity index (χ1n) is 9.55. The fourth-order valence-electron chi connectivity index (χ4n) is 2.65. The maximum absolute atomic E-state index is 12.0. The van der Waals surface area contributed by atoms with Crippen molar-refractivity contribution in [3.63, 3.8) is 0 Å². The minimum Gasteiger partial charge on any atom is -0.494 e. The van der Waals surface area contributed by atoms with E-state index in [-0.39, 0.29) is 5.91 Å². The topological polar surface area (TPSA) is 77.2 Å². The van der Waals surface area contributed by atoms with Gasteiger partial charge in [-0.3, -0.25) is 4.79 Å². The van der Waals surface area contributed by atoms with E-state index in [2.05, 4.69) is 15.5 Å². The van der Waals surface area contributed by atoms with Crippen LogP contribution in [0.5, 0.6) is 5.75 Å². The standard InChI is InChI=1S/C22H25N3O3/c1-17-9-11-18(12-10-17)22-24-21(28-25-22)14-13-20(26)23-15-5-6-16-27-19-7-3-2-4-8-19/h2-4,7-12H,5-6,13-16H2,1H3,(H,23,26). The van der Waals surface area contributed by atoms with Crippen molar-refractivity contribution in [2.45, 2.75) is 32.6 Å². The molecule has 0 spiro atoms. The molecule has 1 aromatic heterocycles. The van der Waals surface area contributed by atoms with Gasteiger partial charge in [0.25, 0.3) is 0 Å². The van der Waals surface area contributed by atoms with Gasteiger partial charge in [-0.1, -0.05) is 53.2 Å². The summed E-state index contributed by atoms with van der Waals surface area (Å²) in [4.78, 5) is 16.3. The van der Waals surface area contributed by atoms with Crippen molar-refractivity contribution in [1.29, 1.82) is 0 Å². The molecule has 6 heteroatoms. The van der Waals surface area contributed by atoms with E-state index in [9.17, 15) is 4.79 Å². The minimum atomic E-state index is -0.0148. The van der Waals surface area contributed by atoms with Crippen molar-refractivity contribution in [3.05, 3.63) is 66.1 Å². The molecule has 0 atom stereocenters. The molecule has 0 aliphatic carbocycles. The van der Waals surface area contributed by atoms with Crippen molar-refractivity contribution < 1.29 is 14.1 Å². The number of hydrogen-bond donors (Lipinski definition) is 1. The Morgan fingerprint density at radius 1 is 1.07 bits per heavy atom. The number of para-hydroxylation sites is 1. The van der Waals surface area contributed by atoms with Crippen molar-refractivity contribution in [1.82, 2.24) is 15.5 Å². The molecule has 1 heterocycles. The lowest BCUT2D eigenvalue weighted by molar-refractivity contribution is -0.121. The quantitative estimate of drug-likeness (QED) is 0.540. The Balaban J connectivity index is 1.30. The van der Waals surface area contributed by atoms with Crippen LogP contribution >= 0.6 is 0 Å². The summed E-state index contributed by atoms with van der Waals surface area (Å²) in [5.41, 5.74) is 2.08. The van der Waals surface area contributed by atoms with Gasteiger partial charge in [-0.25, -0.2) is 0 Å². The third-order valence-corrected chi connectivity index (χ3v) is 4.25. The van der Waals surface area contributed by atoms with E-state index in [4.69, 9.17) is 9.26 Å². The van der Waals surface area contributed by atoms with E-state index in [1.165, 1.54) is 5.56 Å². The van der Waals surface area contributed by atoms with Crippen molar-refractivity contribution in [2.24, 2.45) is 0 Å². The number of nitrogens with one attached hydrogen (secondary N) is 1. The number of aromatic nitrogens is 2. The Bertz CT molecular complexity index is 860. The Labute approximate surface area is 164 Å². The molecule has 0 saturated carbocycles. The van der Waals surface area contributed by atoms with Crippen LogP contribution in [0.3, 0.4) is 0 Å². The molecule has 2 aromatic carbocycles. The van der Waals surface area contributed by atoms with Crippen LogP contribution in [0.1, 0.15) is 30.7 Å². The first-order chi connectivity index (χ1) is 13.7. The first kappa shape index (κ1) is 19.6. The summed E-state index contributed by atoms with van der Waals surface area (Å²) >= 11 is 0. The van der Waals surface area contributed by atoms with Crippen LogP contribution in [-0.2, 0) is 11.2 Å². The number of carbonyl (C=O) groups is 1. The molecular weight excluding hydrogens is 354 g/mol. The lowest BCUT2D eigenvalue weighted by Gasteiger charge is -2.06. The SMILES string of the molecule is Cc1ccc(-c2noc(CCC(=O)NCCCCOc3ccccc3)n2)cc1. The molecule has 28 heavy (non-hydrogen) atoms. The molecule has 3 aromatic rings. The van der Waals surface area contributed by atoms with Crippen molar-refractivity contribution in [2.75, 3.05) is 13.2 Å². The number of carbonyl (C=O) groups excluding carboxylic acids is 1. The second-order valence-electron chi connectivity index (χ2n) is 6.60. The van der Waals surface area contributed by atoms with Crippen molar-refractivity contribution in [3.8, 4) is 17.1 Å². The Morgan fingerprint density at radius 2 is 1.86 bits per heavy atom. The van der Waals surface area contributed by atoms with E-state index in [0.29, 0.717) is 37.7 Å². The van der Waals surface area contributed by atoms with E-state index in [1.54, 1.807) is 0 Å². The number of unbranched alkanes of at least 4 members (excludes halogenated alkanes) is 1. The Morgan fingerprint density at radius 3 is 2.64 bits per heavy atom. The van der Waals surface area contributed by atoms with Crippen LogP contribution in [0.4, 0.5) is 0 Å². The molecule has 0 bridgehead atoms. The summed E-state index contributed by atoms with van der Waals surface area (Å²) in [6.07, 6.45) is 2.52. The van der Waals surface area contributed by atoms with Crippen LogP contribution in [0.15, 0.2) is 59.1 Å². The summed E-state index contributed by atoms with van der Waals surface area (Å²) in [7, 11) is 0. The van der Waals surface area contributed by atoms with Gasteiger partial charge < -0.3 is 14.6 Å². The number of hydrogen-bond acceptors (Lipinski definition) is 5. The third-order valence-electron chi connectivity index (χ3n) is 4.25. The fraction of sp³-hybridized carbons (Fsp3) is 0.318. The van der Waals surface area contributed by atoms with Crippen LogP contribution < -0.4 is 10.1 Å². The largest absolute Gasteiger partial charge is 0.494 e. The van der Waals surface area contributed by atoms with Gasteiger partial charge in [-0.2, -0.15) is 4.98 Å². The maximum atomic E-state index is 12.0. The molecule has 0 unspecified atom stereocenters. The molecule has 1 N–H and O–H groups in total. The van der Waals surface area contributed by atoms with Crippen LogP contribution in [0, 0.1) is 6.92 Å². The van der Waals surface area contributed by atoms with Crippen molar-refractivity contribution >= 4 is 5.91 Å². The van der Waals surface area contributed by atoms with Gasteiger partial charge in [-0.15, -0.1) is 0 Å². The third kappa shape index (κ3) is 6.23. The lowest BCUT2D eigenvalue weighted by atomic mass is 10.1. The highest BCUT2D eigenvalue weighted by Gasteiger charge is 2.10. The number of benzene rings is 2. The number of rotatable bonds is 10. The summed E-state index contributed by atoms with van der Waals surface area (Å²) < 4.78 is 10.9. The second-order valence-corrected chi connectivity index (χ2v) is 6.60. The number of amides is 1. The van der Waals surface area contributed by atoms with Gasteiger partial charge in [0.15, 0.2) is 0 Å². The van der Waals surface area contributed by atoms with Gasteiger partial charge in [-0.05, 0) is 31.9 Å². The molecule has 0 radical (unpaired) electrons. The molecule has 146 valence electrons. The first-order valence-corrected chi connectivity index (χ1v) is 9.55. The zero-order chi connectivity index (χ0) is 19.6. The van der Waals surface area contributed by atoms with E-state index in [1.807, 2.05) is 61.5 Å². The Kier molecular flexibility index (Phi) is 7.18. The zero-order valence-electron chi connectivity index (χ0n) is 16.1. The highest BCUT2D eigenvalue weighted by molar-refractivity contribution is 5.75. The number of nitrogens with zero attached hydrogens (tertiary/aromatic N) is 2. The van der Waals surface area contributed by atoms with E-state index >= 15 is 0 Å². The van der Waals surface area contributed by atoms with Crippen LogP contribution in [0.25, 0.3) is 11.4 Å². The fourth-order valence-corrected chi connectivity index (χ4v) is 2.65. The molecule has 0 aliphatic heterocycles. The minimum absolute atomic E-state index is 0.0148. The van der Waals surface area contributed by atoms with Gasteiger partial charge >= 0.3 is 0 Å². The van der Waals surface area contributed by atoms with Gasteiger partial charge in [0.05, 0.1) is 6.61 Å². The maximum Gasteiger partial charge on any atom is 0.227 e. The second kappa shape index (κ2) is 10.3. The lowest BCUT2D eigenvalue weighted by Crippen LogP contribution is -2.25. The zero-order valence-corrected chi connectivity index (χ0v) is 16.1. The molecule has 0 aliphatic rings. The molecule has 0 saturated heterocycles. The molecule has 1 amide bonds. The molecule has 3 rings (SSSR count). The summed E-state index contributed by atoms with van der Waals surface area (Å²) in [5.74, 6) is 1.88. The van der Waals surface area contributed by atoms with Crippen LogP contribution in [-0.4, -0.2) is 29.2 Å². The highest BCUT2D eigenvalue weighted by atomic mass is 16.5. The monoisotopic (exact) mass is 379 g/mol. The van der Waals surface area contributed by atoms with Gasteiger partial charge in [0.2, 0.25) is 17.6 Å². The normalized spacial score (nSPS) is 10.6. The predicted molar refractivity (Wildman–Crippen MR) is 107 cm³/mol. The average Bonchev–Trinajstić information content (AvgIpc) is 3.19. The van der Waals surface area contributed by atoms with Gasteiger partial charge in [0, 0.05) is 24.9 Å². The van der Waals surface area contributed by atoms with E-state index in [0.717, 1.165) is 24.2 Å². The highest BCUT2D eigenvalue weighted by Crippen LogP contribution is 2.16. The van der Waals surface area contributed by atoms with E-state index < -0.39 is 0 Å².